The topological polar surface area (TPSA) is 57.2 Å². The zero-order valence-corrected chi connectivity index (χ0v) is 21.7. The van der Waals surface area contributed by atoms with Crippen molar-refractivity contribution >= 4 is 0 Å². The second kappa shape index (κ2) is 8.27. The third-order valence-electron chi connectivity index (χ3n) is 6.98. The first-order chi connectivity index (χ1) is 13.3. The summed E-state index contributed by atoms with van der Waals surface area (Å²) in [5, 5.41) is 18.0. The van der Waals surface area contributed by atoms with E-state index >= 15 is 0 Å². The molecule has 6 heteroatoms. The van der Waals surface area contributed by atoms with Gasteiger partial charge in [0.05, 0.1) is 12.2 Å². The van der Waals surface area contributed by atoms with Gasteiger partial charge in [-0.15, -0.1) is 0 Å². The molecule has 0 radical (unpaired) electrons. The SMILES string of the molecule is CC(C)OC1CC(C)(C)N(OC(C)(C)NCC2CC(C)(C)N(O)C2(C)C)C(C)(C)C1. The van der Waals surface area contributed by atoms with Crippen molar-refractivity contribution in [1.29, 1.82) is 0 Å². The lowest BCUT2D eigenvalue weighted by Gasteiger charge is -2.55. The summed E-state index contributed by atoms with van der Waals surface area (Å²) in [5.41, 5.74) is -1.31. The molecule has 0 bridgehead atoms. The van der Waals surface area contributed by atoms with Crippen molar-refractivity contribution in [1.82, 2.24) is 15.4 Å². The molecular formula is C24H49N3O3. The molecule has 1 unspecified atom stereocenters. The van der Waals surface area contributed by atoms with E-state index in [-0.39, 0.29) is 34.4 Å². The van der Waals surface area contributed by atoms with Gasteiger partial charge in [-0.05, 0) is 108 Å². The molecule has 178 valence electrons. The molecule has 2 saturated heterocycles. The molecule has 0 amide bonds. The first-order valence-corrected chi connectivity index (χ1v) is 11.7. The van der Waals surface area contributed by atoms with E-state index in [1.807, 2.05) is 0 Å². The van der Waals surface area contributed by atoms with Crippen molar-refractivity contribution < 1.29 is 14.8 Å². The average Bonchev–Trinajstić information content (AvgIpc) is 2.67. The number of hydrogen-bond donors (Lipinski definition) is 2. The fraction of sp³-hybridized carbons (Fsp3) is 1.00. The zero-order chi connectivity index (χ0) is 23.3. The standard InChI is InChI=1S/C24H49N3O3/c1-17(2)29-19-14-21(5,6)27(22(7,8)15-19)30-24(11,12)25-16-18-13-20(3,4)26(28)23(18,9)10/h17-19,25,28H,13-16H2,1-12H3. The minimum Gasteiger partial charge on any atom is -0.375 e. The van der Waals surface area contributed by atoms with E-state index in [1.165, 1.54) is 5.06 Å². The molecule has 2 fully saturated rings. The Balaban J connectivity index is 2.07. The summed E-state index contributed by atoms with van der Waals surface area (Å²) in [6.07, 6.45) is 3.29. The van der Waals surface area contributed by atoms with Gasteiger partial charge in [-0.1, -0.05) is 0 Å². The summed E-state index contributed by atoms with van der Waals surface area (Å²) in [6, 6.07) is 0. The Bertz CT molecular complexity index is 581. The smallest absolute Gasteiger partial charge is 0.134 e. The third-order valence-corrected chi connectivity index (χ3v) is 6.98. The monoisotopic (exact) mass is 427 g/mol. The number of hydrogen-bond acceptors (Lipinski definition) is 6. The van der Waals surface area contributed by atoms with Crippen molar-refractivity contribution in [2.24, 2.45) is 5.92 Å². The summed E-state index contributed by atoms with van der Waals surface area (Å²) in [6.45, 7) is 26.6. The minimum atomic E-state index is -0.524. The summed E-state index contributed by atoms with van der Waals surface area (Å²) >= 11 is 0. The predicted molar refractivity (Wildman–Crippen MR) is 122 cm³/mol. The molecule has 0 aromatic heterocycles. The largest absolute Gasteiger partial charge is 0.375 e. The Kier molecular flexibility index (Phi) is 7.17. The summed E-state index contributed by atoms with van der Waals surface area (Å²) in [7, 11) is 0. The molecule has 2 aliphatic rings. The van der Waals surface area contributed by atoms with Crippen LogP contribution >= 0.6 is 0 Å². The highest BCUT2D eigenvalue weighted by Crippen LogP contribution is 2.44. The van der Waals surface area contributed by atoms with Gasteiger partial charge in [0.2, 0.25) is 0 Å². The Morgan fingerprint density at radius 1 is 0.933 bits per heavy atom. The van der Waals surface area contributed by atoms with Crippen LogP contribution in [-0.4, -0.2) is 62.0 Å². The molecule has 2 N–H and O–H groups in total. The van der Waals surface area contributed by atoms with Gasteiger partial charge in [0.15, 0.2) is 0 Å². The lowest BCUT2D eigenvalue weighted by molar-refractivity contribution is -0.345. The number of hydroxylamine groups is 4. The third kappa shape index (κ3) is 5.57. The maximum absolute atomic E-state index is 10.6. The Hall–Kier alpha value is -0.240. The highest BCUT2D eigenvalue weighted by Gasteiger charge is 2.52. The van der Waals surface area contributed by atoms with E-state index in [1.54, 1.807) is 0 Å². The highest BCUT2D eigenvalue weighted by atomic mass is 16.7. The van der Waals surface area contributed by atoms with Gasteiger partial charge in [0.1, 0.15) is 5.72 Å². The van der Waals surface area contributed by atoms with E-state index in [9.17, 15) is 5.21 Å². The molecule has 0 aromatic rings. The van der Waals surface area contributed by atoms with E-state index in [4.69, 9.17) is 9.57 Å². The molecule has 1 atom stereocenters. The molecule has 0 saturated carbocycles. The van der Waals surface area contributed by atoms with Crippen molar-refractivity contribution in [3.05, 3.63) is 0 Å². The van der Waals surface area contributed by atoms with Gasteiger partial charge >= 0.3 is 0 Å². The van der Waals surface area contributed by atoms with Crippen LogP contribution in [0.1, 0.15) is 102 Å². The summed E-state index contributed by atoms with van der Waals surface area (Å²) in [5.74, 6) is 0.326. The van der Waals surface area contributed by atoms with Crippen molar-refractivity contribution in [2.45, 2.75) is 142 Å². The fourth-order valence-electron chi connectivity index (χ4n) is 5.74. The second-order valence-corrected chi connectivity index (χ2v) is 12.8. The normalized spacial score (nSPS) is 29.6. The van der Waals surface area contributed by atoms with E-state index in [2.05, 4.69) is 93.5 Å². The molecule has 2 heterocycles. The van der Waals surface area contributed by atoms with Crippen LogP contribution in [-0.2, 0) is 9.57 Å². The van der Waals surface area contributed by atoms with Crippen LogP contribution in [0.2, 0.25) is 0 Å². The number of ether oxygens (including phenoxy) is 1. The first-order valence-electron chi connectivity index (χ1n) is 11.7. The quantitative estimate of drug-likeness (QED) is 0.560. The van der Waals surface area contributed by atoms with Gasteiger partial charge in [0, 0.05) is 28.7 Å². The Labute approximate surface area is 185 Å². The lowest BCUT2D eigenvalue weighted by Crippen LogP contribution is -2.65. The molecule has 2 rings (SSSR count). The molecule has 0 spiro atoms. The van der Waals surface area contributed by atoms with Gasteiger partial charge in [-0.3, -0.25) is 10.2 Å². The minimum absolute atomic E-state index is 0.142. The van der Waals surface area contributed by atoms with Crippen molar-refractivity contribution in [3.63, 3.8) is 0 Å². The lowest BCUT2D eigenvalue weighted by atomic mass is 9.80. The first kappa shape index (κ1) is 26.0. The molecule has 0 aromatic carbocycles. The van der Waals surface area contributed by atoms with Crippen LogP contribution in [0.3, 0.4) is 0 Å². The molecular weight excluding hydrogens is 378 g/mol. The van der Waals surface area contributed by atoms with Gasteiger partial charge in [0.25, 0.3) is 0 Å². The van der Waals surface area contributed by atoms with Crippen LogP contribution < -0.4 is 5.32 Å². The second-order valence-electron chi connectivity index (χ2n) is 12.8. The number of piperidine rings is 1. The predicted octanol–water partition coefficient (Wildman–Crippen LogP) is 4.96. The van der Waals surface area contributed by atoms with Crippen molar-refractivity contribution in [3.8, 4) is 0 Å². The molecule has 30 heavy (non-hydrogen) atoms. The number of rotatable bonds is 7. The number of nitrogens with zero attached hydrogens (tertiary/aromatic N) is 2. The molecule has 6 nitrogen and oxygen atoms in total. The van der Waals surface area contributed by atoms with Crippen LogP contribution in [0, 0.1) is 5.92 Å². The zero-order valence-electron chi connectivity index (χ0n) is 21.7. The van der Waals surface area contributed by atoms with Gasteiger partial charge in [-0.2, -0.15) is 10.1 Å². The van der Waals surface area contributed by atoms with E-state index in [0.717, 1.165) is 25.8 Å². The maximum atomic E-state index is 10.6. The van der Waals surface area contributed by atoms with Crippen LogP contribution in [0.25, 0.3) is 0 Å². The van der Waals surface area contributed by atoms with E-state index in [0.29, 0.717) is 5.92 Å². The number of nitrogens with one attached hydrogen (secondary N) is 1. The Morgan fingerprint density at radius 2 is 1.43 bits per heavy atom. The Morgan fingerprint density at radius 3 is 1.83 bits per heavy atom. The van der Waals surface area contributed by atoms with Crippen LogP contribution in [0.5, 0.6) is 0 Å². The molecule has 2 aliphatic heterocycles. The van der Waals surface area contributed by atoms with E-state index < -0.39 is 5.72 Å². The van der Waals surface area contributed by atoms with Crippen molar-refractivity contribution in [2.75, 3.05) is 6.54 Å². The summed E-state index contributed by atoms with van der Waals surface area (Å²) < 4.78 is 6.18. The van der Waals surface area contributed by atoms with Gasteiger partial charge < -0.3 is 9.94 Å². The molecule has 0 aliphatic carbocycles. The van der Waals surface area contributed by atoms with Gasteiger partial charge in [-0.25, -0.2) is 0 Å². The summed E-state index contributed by atoms with van der Waals surface area (Å²) in [4.78, 5) is 6.66. The van der Waals surface area contributed by atoms with Crippen LogP contribution in [0.15, 0.2) is 0 Å². The highest BCUT2D eigenvalue weighted by molar-refractivity contribution is 5.03. The maximum Gasteiger partial charge on any atom is 0.134 e. The average molecular weight is 428 g/mol. The fourth-order valence-corrected chi connectivity index (χ4v) is 5.74. The van der Waals surface area contributed by atoms with Crippen LogP contribution in [0.4, 0.5) is 0 Å².